The van der Waals surface area contributed by atoms with Gasteiger partial charge < -0.3 is 10.2 Å². The number of pyridine rings is 2. The van der Waals surface area contributed by atoms with Crippen LogP contribution in [-0.2, 0) is 16.1 Å². The molecule has 0 radical (unpaired) electrons. The van der Waals surface area contributed by atoms with Crippen molar-refractivity contribution in [2.45, 2.75) is 46.5 Å². The predicted octanol–water partition coefficient (Wildman–Crippen LogP) is 3.50. The summed E-state index contributed by atoms with van der Waals surface area (Å²) < 4.78 is 15.3. The van der Waals surface area contributed by atoms with Crippen LogP contribution in [0.2, 0.25) is 0 Å². The molecule has 5 heterocycles. The van der Waals surface area contributed by atoms with E-state index in [0.717, 1.165) is 26.4 Å². The lowest BCUT2D eigenvalue weighted by Gasteiger charge is -2.20. The molecular formula is C28H30FN5O3S. The van der Waals surface area contributed by atoms with Gasteiger partial charge in [-0.1, -0.05) is 13.8 Å². The minimum absolute atomic E-state index is 0.0304. The van der Waals surface area contributed by atoms with Gasteiger partial charge in [-0.15, -0.1) is 11.3 Å². The monoisotopic (exact) mass is 535 g/mol. The molecule has 1 aliphatic carbocycles. The number of alkyl halides is 1. The van der Waals surface area contributed by atoms with Gasteiger partial charge in [0.25, 0.3) is 5.91 Å². The smallest absolute Gasteiger partial charge is 0.256 e. The number of likely N-dealkylation sites (tertiary alicyclic amines) is 2. The molecule has 38 heavy (non-hydrogen) atoms. The molecule has 3 aromatic rings. The maximum Gasteiger partial charge on any atom is 0.256 e. The van der Waals surface area contributed by atoms with Crippen LogP contribution < -0.4 is 5.32 Å². The van der Waals surface area contributed by atoms with Crippen LogP contribution in [0, 0.1) is 31.1 Å². The zero-order valence-electron chi connectivity index (χ0n) is 22.0. The predicted molar refractivity (Wildman–Crippen MR) is 142 cm³/mol. The second kappa shape index (κ2) is 8.64. The Morgan fingerprint density at radius 2 is 1.89 bits per heavy atom. The Labute approximate surface area is 224 Å². The molecule has 2 unspecified atom stereocenters. The molecule has 198 valence electrons. The Hall–Kier alpha value is -3.24. The number of amides is 3. The van der Waals surface area contributed by atoms with E-state index in [9.17, 15) is 18.8 Å². The van der Waals surface area contributed by atoms with Crippen LogP contribution in [0.15, 0.2) is 24.4 Å². The topological polar surface area (TPSA) is 95.5 Å². The van der Waals surface area contributed by atoms with E-state index in [1.54, 1.807) is 18.1 Å². The van der Waals surface area contributed by atoms with Gasteiger partial charge in [-0.05, 0) is 50.1 Å². The van der Waals surface area contributed by atoms with Gasteiger partial charge in [0.05, 0.1) is 52.4 Å². The van der Waals surface area contributed by atoms with E-state index < -0.39 is 12.2 Å². The Bertz CT molecular complexity index is 1490. The molecule has 3 fully saturated rings. The molecule has 0 aromatic carbocycles. The SMILES string of the molecule is CN[C@@H]1CN(C(=O)c2c(C)cc(C)nc2-c2ccnc3cc(CN4C(=O)C5C(C4=O)C5(C)C)sc23)C[C@H]1F. The van der Waals surface area contributed by atoms with Crippen molar-refractivity contribution in [2.75, 3.05) is 20.1 Å². The number of thiophene rings is 1. The number of imide groups is 1. The first kappa shape index (κ1) is 25.1. The minimum Gasteiger partial charge on any atom is -0.334 e. The van der Waals surface area contributed by atoms with Crippen LogP contribution in [-0.4, -0.2) is 69.8 Å². The van der Waals surface area contributed by atoms with E-state index in [2.05, 4.69) is 10.3 Å². The number of fused-ring (bicyclic) bond motifs is 2. The third-order valence-electron chi connectivity index (χ3n) is 8.39. The van der Waals surface area contributed by atoms with Crippen LogP contribution in [0.1, 0.15) is 40.3 Å². The zero-order valence-corrected chi connectivity index (χ0v) is 22.9. The summed E-state index contributed by atoms with van der Waals surface area (Å²) in [7, 11) is 1.70. The molecule has 10 heteroatoms. The number of hydrogen-bond donors (Lipinski definition) is 1. The first-order chi connectivity index (χ1) is 18.0. The maximum absolute atomic E-state index is 14.5. The highest BCUT2D eigenvalue weighted by molar-refractivity contribution is 7.19. The number of rotatable bonds is 5. The summed E-state index contributed by atoms with van der Waals surface area (Å²) >= 11 is 1.45. The van der Waals surface area contributed by atoms with Crippen LogP contribution >= 0.6 is 11.3 Å². The standard InChI is InChI=1S/C28H30FN5O3S/c1-13-8-14(2)32-23(20(13)25(35)33-11-17(29)19(12-33)30-5)16-6-7-31-18-9-15(38-24(16)18)10-34-26(36)21-22(27(34)37)28(21,3)4/h6-9,17,19,21-22,30H,10-12H2,1-5H3/t17-,19-,21?,22?/m1/s1. The summed E-state index contributed by atoms with van der Waals surface area (Å²) in [5.74, 6) is -0.888. The Morgan fingerprint density at radius 1 is 1.18 bits per heavy atom. The van der Waals surface area contributed by atoms with Crippen LogP contribution in [0.25, 0.3) is 21.5 Å². The van der Waals surface area contributed by atoms with Gasteiger partial charge in [0.2, 0.25) is 11.8 Å². The molecule has 0 spiro atoms. The zero-order chi connectivity index (χ0) is 27.1. The van der Waals surface area contributed by atoms with Crippen molar-refractivity contribution in [3.05, 3.63) is 46.1 Å². The van der Waals surface area contributed by atoms with Crippen LogP contribution in [0.5, 0.6) is 0 Å². The number of nitrogens with one attached hydrogen (secondary N) is 1. The molecule has 3 amide bonds. The third-order valence-corrected chi connectivity index (χ3v) is 9.53. The molecule has 1 N–H and O–H groups in total. The molecular weight excluding hydrogens is 505 g/mol. The number of carbonyl (C=O) groups is 3. The second-order valence-corrected chi connectivity index (χ2v) is 12.4. The fraction of sp³-hybridized carbons (Fsp3) is 0.464. The van der Waals surface area contributed by atoms with Crippen molar-refractivity contribution < 1.29 is 18.8 Å². The van der Waals surface area contributed by atoms with Crippen molar-refractivity contribution in [1.29, 1.82) is 0 Å². The fourth-order valence-corrected chi connectivity index (χ4v) is 7.35. The molecule has 3 aromatic heterocycles. The van der Waals surface area contributed by atoms with Crippen LogP contribution in [0.4, 0.5) is 4.39 Å². The summed E-state index contributed by atoms with van der Waals surface area (Å²) in [4.78, 5) is 52.5. The van der Waals surface area contributed by atoms with E-state index in [1.807, 2.05) is 45.9 Å². The molecule has 0 bridgehead atoms. The van der Waals surface area contributed by atoms with Crippen molar-refractivity contribution in [1.82, 2.24) is 25.1 Å². The Balaban J connectivity index is 1.37. The first-order valence-electron chi connectivity index (χ1n) is 12.8. The molecule has 2 saturated heterocycles. The van der Waals surface area contributed by atoms with Gasteiger partial charge in [-0.25, -0.2) is 4.39 Å². The molecule has 1 saturated carbocycles. The maximum atomic E-state index is 14.5. The molecule has 4 atom stereocenters. The lowest BCUT2D eigenvalue weighted by molar-refractivity contribution is -0.143. The van der Waals surface area contributed by atoms with Gasteiger partial charge in [-0.2, -0.15) is 0 Å². The lowest BCUT2D eigenvalue weighted by atomic mass is 9.99. The number of carbonyl (C=O) groups excluding carboxylic acids is 3. The van der Waals surface area contributed by atoms with Gasteiger partial charge in [0, 0.05) is 28.9 Å². The Kier molecular flexibility index (Phi) is 5.70. The normalized spacial score (nSPS) is 25.9. The van der Waals surface area contributed by atoms with Crippen LogP contribution in [0.3, 0.4) is 0 Å². The summed E-state index contributed by atoms with van der Waals surface area (Å²) in [6, 6.07) is 5.20. The third kappa shape index (κ3) is 3.68. The Morgan fingerprint density at radius 3 is 2.55 bits per heavy atom. The molecule has 8 nitrogen and oxygen atoms in total. The molecule has 3 aliphatic rings. The molecule has 6 rings (SSSR count). The van der Waals surface area contributed by atoms with E-state index in [4.69, 9.17) is 4.98 Å². The average molecular weight is 536 g/mol. The summed E-state index contributed by atoms with van der Waals surface area (Å²) in [6.07, 6.45) is 0.544. The summed E-state index contributed by atoms with van der Waals surface area (Å²) in [5, 5.41) is 2.95. The number of aromatic nitrogens is 2. The van der Waals surface area contributed by atoms with Crippen molar-refractivity contribution in [3.8, 4) is 11.3 Å². The number of piperidine rings is 1. The average Bonchev–Trinajstić information content (AvgIpc) is 3.20. The molecule has 2 aliphatic heterocycles. The number of nitrogens with zero attached hydrogens (tertiary/aromatic N) is 4. The van der Waals surface area contributed by atoms with Gasteiger partial charge in [-0.3, -0.25) is 29.3 Å². The largest absolute Gasteiger partial charge is 0.334 e. The number of likely N-dealkylation sites (N-methyl/N-ethyl adjacent to an activating group) is 1. The highest BCUT2D eigenvalue weighted by Gasteiger charge is 2.72. The van der Waals surface area contributed by atoms with E-state index in [-0.39, 0.29) is 54.6 Å². The quantitative estimate of drug-likeness (QED) is 0.503. The fourth-order valence-electron chi connectivity index (χ4n) is 6.23. The van der Waals surface area contributed by atoms with E-state index >= 15 is 0 Å². The second-order valence-electron chi connectivity index (χ2n) is 11.3. The first-order valence-corrected chi connectivity index (χ1v) is 13.7. The van der Waals surface area contributed by atoms with Crippen molar-refractivity contribution in [3.63, 3.8) is 0 Å². The summed E-state index contributed by atoms with van der Waals surface area (Å²) in [6.45, 7) is 8.22. The van der Waals surface area contributed by atoms with Crippen molar-refractivity contribution in [2.24, 2.45) is 17.3 Å². The van der Waals surface area contributed by atoms with E-state index in [1.165, 1.54) is 16.2 Å². The number of hydrogen-bond acceptors (Lipinski definition) is 7. The number of halogens is 1. The van der Waals surface area contributed by atoms with Gasteiger partial charge >= 0.3 is 0 Å². The lowest BCUT2D eigenvalue weighted by Crippen LogP contribution is -2.35. The summed E-state index contributed by atoms with van der Waals surface area (Å²) in [5.41, 5.74) is 3.75. The van der Waals surface area contributed by atoms with Gasteiger partial charge in [0.1, 0.15) is 6.17 Å². The van der Waals surface area contributed by atoms with E-state index in [0.29, 0.717) is 16.8 Å². The van der Waals surface area contributed by atoms with Crippen molar-refractivity contribution >= 4 is 39.3 Å². The highest BCUT2D eigenvalue weighted by Crippen LogP contribution is 2.63. The minimum atomic E-state index is -1.13. The van der Waals surface area contributed by atoms with Gasteiger partial charge in [0.15, 0.2) is 0 Å². The highest BCUT2D eigenvalue weighted by atomic mass is 32.1. The number of aryl methyl sites for hydroxylation is 2.